The Labute approximate surface area is 113 Å². The maximum absolute atomic E-state index is 5.87. The molecule has 1 aliphatic heterocycles. The minimum atomic E-state index is -0.474. The fraction of sp³-hybridized carbons (Fsp3) is 0.200. The molecule has 1 aliphatic rings. The molecule has 17 heavy (non-hydrogen) atoms. The number of nitrogens with two attached hydrogens (primary N) is 1. The largest absolute Gasteiger partial charge is 0.295 e. The van der Waals surface area contributed by atoms with Crippen LogP contribution in [-0.4, -0.2) is 34.8 Å². The number of rotatable bonds is 3. The first-order chi connectivity index (χ1) is 8.17. The van der Waals surface area contributed by atoms with Crippen LogP contribution in [0.25, 0.3) is 0 Å². The molecule has 5 nitrogen and oxygen atoms in total. The number of hydrogen-bond donors (Lipinski definition) is 2. The molecule has 1 unspecified atom stereocenters. The lowest BCUT2D eigenvalue weighted by molar-refractivity contribution is 0.0406. The Balaban J connectivity index is 2.35. The van der Waals surface area contributed by atoms with Crippen LogP contribution in [0.3, 0.4) is 0 Å². The number of halogens is 1. The van der Waals surface area contributed by atoms with E-state index in [1.807, 2.05) is 24.3 Å². The summed E-state index contributed by atoms with van der Waals surface area (Å²) in [4.78, 5) is 4.36. The minimum Gasteiger partial charge on any atom is -0.295 e. The average Bonchev–Trinajstić information content (AvgIpc) is 2.66. The number of aliphatic imine (C=N–C) groups is 1. The molecule has 1 heterocycles. The standard InChI is InChI=1S/C10H12BrN5S/c1-13-16-10(12)14-9(15(16)6-17)7-2-4-8(11)5-3-7/h2-6,10,13H,12H2,1H3. The molecular formula is C10H12BrN5S. The van der Waals surface area contributed by atoms with Crippen molar-refractivity contribution in [2.24, 2.45) is 10.7 Å². The maximum Gasteiger partial charge on any atom is 0.187 e. The molecule has 0 aromatic heterocycles. The van der Waals surface area contributed by atoms with E-state index in [1.165, 1.54) is 5.49 Å². The third kappa shape index (κ3) is 2.38. The van der Waals surface area contributed by atoms with E-state index >= 15 is 0 Å². The molecule has 90 valence electrons. The van der Waals surface area contributed by atoms with Crippen molar-refractivity contribution in [1.82, 2.24) is 15.6 Å². The zero-order chi connectivity index (χ0) is 12.4. The Hall–Kier alpha value is -0.860. The van der Waals surface area contributed by atoms with Crippen molar-refractivity contribution >= 4 is 39.5 Å². The molecule has 0 bridgehead atoms. The van der Waals surface area contributed by atoms with Crippen LogP contribution < -0.4 is 11.2 Å². The highest BCUT2D eigenvalue weighted by atomic mass is 79.9. The molecule has 1 aromatic rings. The van der Waals surface area contributed by atoms with Crippen LogP contribution in [0, 0.1) is 0 Å². The van der Waals surface area contributed by atoms with Gasteiger partial charge in [-0.1, -0.05) is 40.3 Å². The number of hydrogen-bond acceptors (Lipinski definition) is 5. The van der Waals surface area contributed by atoms with Gasteiger partial charge in [-0.2, -0.15) is 0 Å². The van der Waals surface area contributed by atoms with Gasteiger partial charge in [0.05, 0.1) is 5.49 Å². The molecule has 0 saturated carbocycles. The number of nitrogens with zero attached hydrogens (tertiary/aromatic N) is 3. The van der Waals surface area contributed by atoms with E-state index in [4.69, 9.17) is 18.0 Å². The Morgan fingerprint density at radius 1 is 1.47 bits per heavy atom. The Kier molecular flexibility index (Phi) is 3.85. The fourth-order valence-corrected chi connectivity index (χ4v) is 2.08. The van der Waals surface area contributed by atoms with E-state index in [0.29, 0.717) is 0 Å². The second kappa shape index (κ2) is 5.19. The van der Waals surface area contributed by atoms with E-state index in [9.17, 15) is 0 Å². The quantitative estimate of drug-likeness (QED) is 0.817. The van der Waals surface area contributed by atoms with Crippen molar-refractivity contribution in [3.05, 3.63) is 34.3 Å². The van der Waals surface area contributed by atoms with Gasteiger partial charge in [0.15, 0.2) is 12.1 Å². The van der Waals surface area contributed by atoms with Crippen LogP contribution in [0.5, 0.6) is 0 Å². The van der Waals surface area contributed by atoms with Crippen molar-refractivity contribution in [3.8, 4) is 0 Å². The van der Waals surface area contributed by atoms with Gasteiger partial charge in [0, 0.05) is 17.1 Å². The predicted molar refractivity (Wildman–Crippen MR) is 75.0 cm³/mol. The smallest absolute Gasteiger partial charge is 0.187 e. The number of benzene rings is 1. The van der Waals surface area contributed by atoms with Gasteiger partial charge in [-0.3, -0.25) is 5.73 Å². The van der Waals surface area contributed by atoms with E-state index in [1.54, 1.807) is 17.2 Å². The highest BCUT2D eigenvalue weighted by Crippen LogP contribution is 2.17. The molecule has 0 radical (unpaired) electrons. The summed E-state index contributed by atoms with van der Waals surface area (Å²) in [6, 6.07) is 7.82. The average molecular weight is 314 g/mol. The lowest BCUT2D eigenvalue weighted by atomic mass is 10.2. The number of hydrazine groups is 2. The maximum atomic E-state index is 5.87. The summed E-state index contributed by atoms with van der Waals surface area (Å²) >= 11 is 8.38. The molecule has 0 spiro atoms. The second-order valence-corrected chi connectivity index (χ2v) is 4.52. The minimum absolute atomic E-state index is 0.474. The van der Waals surface area contributed by atoms with Crippen LogP contribution in [0.15, 0.2) is 33.7 Å². The SMILES string of the molecule is CNN1C(N)N=C(c2ccc(Br)cc2)N1C=S. The molecule has 0 fully saturated rings. The van der Waals surface area contributed by atoms with Gasteiger partial charge in [-0.05, 0) is 12.1 Å². The number of nitrogens with one attached hydrogen (secondary N) is 1. The van der Waals surface area contributed by atoms with E-state index in [2.05, 4.69) is 26.3 Å². The molecule has 1 aromatic carbocycles. The highest BCUT2D eigenvalue weighted by Gasteiger charge is 2.30. The lowest BCUT2D eigenvalue weighted by Gasteiger charge is -2.27. The third-order valence-electron chi connectivity index (χ3n) is 2.39. The lowest BCUT2D eigenvalue weighted by Crippen LogP contribution is -2.53. The van der Waals surface area contributed by atoms with Crippen molar-refractivity contribution < 1.29 is 0 Å². The summed E-state index contributed by atoms with van der Waals surface area (Å²) in [7, 11) is 1.77. The normalized spacial score (nSPS) is 20.5. The van der Waals surface area contributed by atoms with Crippen molar-refractivity contribution in [1.29, 1.82) is 0 Å². The van der Waals surface area contributed by atoms with Gasteiger partial charge in [-0.25, -0.2) is 15.4 Å². The molecule has 2 rings (SSSR count). The van der Waals surface area contributed by atoms with Gasteiger partial charge < -0.3 is 0 Å². The highest BCUT2D eigenvalue weighted by molar-refractivity contribution is 9.10. The monoisotopic (exact) mass is 313 g/mol. The van der Waals surface area contributed by atoms with Crippen LogP contribution in [0.1, 0.15) is 5.56 Å². The summed E-state index contributed by atoms with van der Waals surface area (Å²) in [5, 5.41) is 3.37. The number of amidine groups is 1. The fourth-order valence-electron chi connectivity index (χ4n) is 1.62. The second-order valence-electron chi connectivity index (χ2n) is 3.39. The van der Waals surface area contributed by atoms with Gasteiger partial charge >= 0.3 is 0 Å². The summed E-state index contributed by atoms with van der Waals surface area (Å²) in [6.45, 7) is 0. The summed E-state index contributed by atoms with van der Waals surface area (Å²) in [5.41, 5.74) is 11.3. The Bertz CT molecular complexity index is 447. The molecule has 0 amide bonds. The van der Waals surface area contributed by atoms with Gasteiger partial charge in [0.1, 0.15) is 0 Å². The van der Waals surface area contributed by atoms with Crippen LogP contribution >= 0.6 is 28.1 Å². The number of thiocarbonyl (C=S) groups is 1. The molecular weight excluding hydrogens is 302 g/mol. The van der Waals surface area contributed by atoms with Crippen LogP contribution in [0.2, 0.25) is 0 Å². The van der Waals surface area contributed by atoms with Crippen molar-refractivity contribution in [2.75, 3.05) is 7.05 Å². The Morgan fingerprint density at radius 2 is 2.12 bits per heavy atom. The first kappa shape index (κ1) is 12.6. The van der Waals surface area contributed by atoms with Gasteiger partial charge in [-0.15, -0.1) is 5.12 Å². The van der Waals surface area contributed by atoms with E-state index < -0.39 is 6.29 Å². The molecule has 3 N–H and O–H groups in total. The van der Waals surface area contributed by atoms with Crippen LogP contribution in [0.4, 0.5) is 0 Å². The molecule has 0 aliphatic carbocycles. The van der Waals surface area contributed by atoms with E-state index in [-0.39, 0.29) is 0 Å². The molecule has 7 heteroatoms. The molecule has 1 atom stereocenters. The Morgan fingerprint density at radius 3 is 2.65 bits per heavy atom. The first-order valence-electron chi connectivity index (χ1n) is 4.97. The summed E-state index contributed by atoms with van der Waals surface area (Å²) in [5.74, 6) is 0.731. The zero-order valence-corrected chi connectivity index (χ0v) is 11.6. The van der Waals surface area contributed by atoms with Gasteiger partial charge in [0.25, 0.3) is 0 Å². The third-order valence-corrected chi connectivity index (χ3v) is 3.11. The van der Waals surface area contributed by atoms with Crippen molar-refractivity contribution in [2.45, 2.75) is 6.29 Å². The van der Waals surface area contributed by atoms with Gasteiger partial charge in [0.2, 0.25) is 0 Å². The van der Waals surface area contributed by atoms with E-state index in [0.717, 1.165) is 15.9 Å². The summed E-state index contributed by atoms with van der Waals surface area (Å²) < 4.78 is 1.02. The van der Waals surface area contributed by atoms with Crippen molar-refractivity contribution in [3.63, 3.8) is 0 Å². The first-order valence-corrected chi connectivity index (χ1v) is 6.24. The zero-order valence-electron chi connectivity index (χ0n) is 9.17. The summed E-state index contributed by atoms with van der Waals surface area (Å²) in [6.07, 6.45) is -0.474. The molecule has 0 saturated heterocycles. The van der Waals surface area contributed by atoms with Crippen LogP contribution in [-0.2, 0) is 0 Å². The predicted octanol–water partition coefficient (Wildman–Crippen LogP) is 1.06. The topological polar surface area (TPSA) is 56.9 Å².